The van der Waals surface area contributed by atoms with Crippen LogP contribution in [0.4, 0.5) is 5.69 Å². The molecule has 1 nitrogen and oxygen atoms in total. The summed E-state index contributed by atoms with van der Waals surface area (Å²) in [5.74, 6) is 0. The summed E-state index contributed by atoms with van der Waals surface area (Å²) in [6, 6.07) is 6.31. The monoisotopic (exact) mass is 146 g/mol. The Morgan fingerprint density at radius 1 is 1.36 bits per heavy atom. The van der Waals surface area contributed by atoms with Gasteiger partial charge in [0.05, 0.1) is 0 Å². The molecule has 2 rings (SSSR count). The SMILES string of the molecule is [CH2]c1cccc2c1NCCC2. The highest BCUT2D eigenvalue weighted by Gasteiger charge is 2.08. The van der Waals surface area contributed by atoms with Crippen LogP contribution in [0.25, 0.3) is 0 Å². The van der Waals surface area contributed by atoms with Crippen molar-refractivity contribution in [2.24, 2.45) is 0 Å². The van der Waals surface area contributed by atoms with E-state index in [1.54, 1.807) is 0 Å². The van der Waals surface area contributed by atoms with Gasteiger partial charge in [-0.15, -0.1) is 0 Å². The minimum absolute atomic E-state index is 1.10. The Bertz CT molecular complexity index is 266. The zero-order valence-electron chi connectivity index (χ0n) is 6.56. The third-order valence-corrected chi connectivity index (χ3v) is 2.16. The van der Waals surface area contributed by atoms with Crippen LogP contribution >= 0.6 is 0 Å². The molecule has 0 unspecified atom stereocenters. The first-order valence-electron chi connectivity index (χ1n) is 4.05. The number of para-hydroxylation sites is 1. The van der Waals surface area contributed by atoms with Crippen molar-refractivity contribution in [3.8, 4) is 0 Å². The standard InChI is InChI=1S/C10H12N/c1-8-4-2-5-9-6-3-7-11-10(8)9/h2,4-5,11H,1,3,6-7H2. The normalized spacial score (nSPS) is 15.4. The van der Waals surface area contributed by atoms with E-state index in [2.05, 4.69) is 30.4 Å². The molecule has 0 bridgehead atoms. The predicted octanol–water partition coefficient (Wildman–Crippen LogP) is 2.23. The van der Waals surface area contributed by atoms with E-state index in [4.69, 9.17) is 0 Å². The van der Waals surface area contributed by atoms with Crippen molar-refractivity contribution in [2.75, 3.05) is 11.9 Å². The number of aryl methyl sites for hydroxylation is 1. The molecule has 1 aliphatic heterocycles. The van der Waals surface area contributed by atoms with Gasteiger partial charge in [-0.05, 0) is 30.9 Å². The molecular weight excluding hydrogens is 134 g/mol. The van der Waals surface area contributed by atoms with Crippen molar-refractivity contribution >= 4 is 5.69 Å². The molecule has 1 radical (unpaired) electrons. The number of anilines is 1. The second-order valence-electron chi connectivity index (χ2n) is 2.98. The van der Waals surface area contributed by atoms with Gasteiger partial charge >= 0.3 is 0 Å². The van der Waals surface area contributed by atoms with Crippen molar-refractivity contribution in [3.63, 3.8) is 0 Å². The zero-order valence-corrected chi connectivity index (χ0v) is 6.56. The minimum Gasteiger partial charge on any atom is -0.385 e. The van der Waals surface area contributed by atoms with Crippen molar-refractivity contribution in [2.45, 2.75) is 12.8 Å². The average molecular weight is 146 g/mol. The lowest BCUT2D eigenvalue weighted by Crippen LogP contribution is -2.12. The van der Waals surface area contributed by atoms with Gasteiger partial charge in [0.15, 0.2) is 0 Å². The number of hydrogen-bond donors (Lipinski definition) is 1. The highest BCUT2D eigenvalue weighted by Crippen LogP contribution is 2.24. The Hall–Kier alpha value is -0.980. The molecule has 1 heterocycles. The Morgan fingerprint density at radius 2 is 2.27 bits per heavy atom. The highest BCUT2D eigenvalue weighted by molar-refractivity contribution is 5.60. The van der Waals surface area contributed by atoms with Crippen molar-refractivity contribution < 1.29 is 0 Å². The summed E-state index contributed by atoms with van der Waals surface area (Å²) in [6.07, 6.45) is 2.45. The van der Waals surface area contributed by atoms with Gasteiger partial charge in [0.1, 0.15) is 0 Å². The number of fused-ring (bicyclic) bond motifs is 1. The van der Waals surface area contributed by atoms with Crippen LogP contribution in [0.5, 0.6) is 0 Å². The van der Waals surface area contributed by atoms with Crippen LogP contribution < -0.4 is 5.32 Å². The first kappa shape index (κ1) is 6.71. The second-order valence-corrected chi connectivity index (χ2v) is 2.98. The first-order valence-corrected chi connectivity index (χ1v) is 4.05. The quantitative estimate of drug-likeness (QED) is 0.591. The predicted molar refractivity (Wildman–Crippen MR) is 47.7 cm³/mol. The van der Waals surface area contributed by atoms with Crippen LogP contribution in [-0.2, 0) is 6.42 Å². The smallest absolute Gasteiger partial charge is 0.0405 e. The van der Waals surface area contributed by atoms with Crippen LogP contribution in [0.15, 0.2) is 18.2 Å². The fourth-order valence-electron chi connectivity index (χ4n) is 1.58. The Morgan fingerprint density at radius 3 is 3.09 bits per heavy atom. The minimum atomic E-state index is 1.10. The molecule has 1 aromatic rings. The van der Waals surface area contributed by atoms with Gasteiger partial charge in [-0.25, -0.2) is 0 Å². The summed E-state index contributed by atoms with van der Waals surface area (Å²) >= 11 is 0. The van der Waals surface area contributed by atoms with Gasteiger partial charge in [-0.1, -0.05) is 18.2 Å². The first-order chi connectivity index (χ1) is 5.38. The number of rotatable bonds is 0. The molecule has 0 aromatic heterocycles. The molecular formula is C10H12N. The molecule has 1 aromatic carbocycles. The molecule has 0 saturated carbocycles. The van der Waals surface area contributed by atoms with E-state index in [0.29, 0.717) is 0 Å². The summed E-state index contributed by atoms with van der Waals surface area (Å²) < 4.78 is 0. The fourth-order valence-corrected chi connectivity index (χ4v) is 1.58. The van der Waals surface area contributed by atoms with Crippen LogP contribution in [0.2, 0.25) is 0 Å². The largest absolute Gasteiger partial charge is 0.385 e. The molecule has 1 N–H and O–H groups in total. The number of hydrogen-bond acceptors (Lipinski definition) is 1. The number of benzene rings is 1. The third-order valence-electron chi connectivity index (χ3n) is 2.16. The number of nitrogens with one attached hydrogen (secondary N) is 1. The topological polar surface area (TPSA) is 12.0 Å². The van der Waals surface area contributed by atoms with Crippen LogP contribution in [-0.4, -0.2) is 6.54 Å². The van der Waals surface area contributed by atoms with Gasteiger partial charge in [0.25, 0.3) is 0 Å². The highest BCUT2D eigenvalue weighted by atomic mass is 14.9. The summed E-state index contributed by atoms with van der Waals surface area (Å²) in [5.41, 5.74) is 3.81. The van der Waals surface area contributed by atoms with Gasteiger partial charge in [-0.3, -0.25) is 0 Å². The molecule has 1 aliphatic rings. The van der Waals surface area contributed by atoms with Crippen molar-refractivity contribution in [1.82, 2.24) is 0 Å². The molecule has 0 amide bonds. The Kier molecular flexibility index (Phi) is 1.57. The lowest BCUT2D eigenvalue weighted by atomic mass is 10.0. The average Bonchev–Trinajstić information content (AvgIpc) is 2.06. The van der Waals surface area contributed by atoms with Crippen molar-refractivity contribution in [1.29, 1.82) is 0 Å². The summed E-state index contributed by atoms with van der Waals surface area (Å²) in [6.45, 7) is 5.07. The van der Waals surface area contributed by atoms with Gasteiger partial charge in [0.2, 0.25) is 0 Å². The maximum absolute atomic E-state index is 3.97. The molecule has 11 heavy (non-hydrogen) atoms. The molecule has 0 saturated heterocycles. The summed E-state index contributed by atoms with van der Waals surface area (Å²) in [4.78, 5) is 0. The van der Waals surface area contributed by atoms with Crippen LogP contribution in [0, 0.1) is 6.92 Å². The van der Waals surface area contributed by atoms with Gasteiger partial charge in [-0.2, -0.15) is 0 Å². The maximum atomic E-state index is 3.97. The van der Waals surface area contributed by atoms with Crippen LogP contribution in [0.3, 0.4) is 0 Å². The van der Waals surface area contributed by atoms with Gasteiger partial charge in [0, 0.05) is 12.2 Å². The molecule has 1 heteroatoms. The van der Waals surface area contributed by atoms with E-state index in [1.807, 2.05) is 0 Å². The van der Waals surface area contributed by atoms with Gasteiger partial charge < -0.3 is 5.32 Å². The Balaban J connectivity index is 2.49. The van der Waals surface area contributed by atoms with E-state index in [1.165, 1.54) is 24.1 Å². The summed E-state index contributed by atoms with van der Waals surface area (Å²) in [5, 5.41) is 3.37. The molecule has 0 spiro atoms. The van der Waals surface area contributed by atoms with E-state index in [0.717, 1.165) is 12.1 Å². The van der Waals surface area contributed by atoms with E-state index in [-0.39, 0.29) is 0 Å². The molecule has 0 atom stereocenters. The van der Waals surface area contributed by atoms with E-state index >= 15 is 0 Å². The maximum Gasteiger partial charge on any atom is 0.0405 e. The van der Waals surface area contributed by atoms with E-state index < -0.39 is 0 Å². The van der Waals surface area contributed by atoms with E-state index in [9.17, 15) is 0 Å². The molecule has 0 aliphatic carbocycles. The summed E-state index contributed by atoms with van der Waals surface area (Å²) in [7, 11) is 0. The third kappa shape index (κ3) is 1.11. The molecule has 57 valence electrons. The zero-order chi connectivity index (χ0) is 7.68. The lowest BCUT2D eigenvalue weighted by molar-refractivity contribution is 0.829. The van der Waals surface area contributed by atoms with Crippen LogP contribution in [0.1, 0.15) is 17.5 Å². The lowest BCUT2D eigenvalue weighted by Gasteiger charge is -2.19. The van der Waals surface area contributed by atoms with Crippen molar-refractivity contribution in [3.05, 3.63) is 36.2 Å². The second kappa shape index (κ2) is 2.57. The Labute approximate surface area is 67.4 Å². The fraction of sp³-hybridized carbons (Fsp3) is 0.300. The molecule has 0 fully saturated rings.